The van der Waals surface area contributed by atoms with Crippen LogP contribution >= 0.6 is 12.2 Å². The molecule has 6 heteroatoms. The zero-order chi connectivity index (χ0) is 18.6. The number of hydrogen-bond acceptors (Lipinski definition) is 4. The van der Waals surface area contributed by atoms with Crippen LogP contribution in [0.5, 0.6) is 5.75 Å². The minimum absolute atomic E-state index is 0.487. The van der Waals surface area contributed by atoms with Crippen LogP contribution in [0.1, 0.15) is 6.92 Å². The lowest BCUT2D eigenvalue weighted by Crippen LogP contribution is -2.19. The molecule has 2 N–H and O–H groups in total. The summed E-state index contributed by atoms with van der Waals surface area (Å²) in [4.78, 5) is 8.99. The molecule has 0 saturated carbocycles. The Morgan fingerprint density at radius 2 is 1.70 bits per heavy atom. The van der Waals surface area contributed by atoms with E-state index in [1.165, 1.54) is 0 Å². The Balaban J connectivity index is 1.61. The van der Waals surface area contributed by atoms with Crippen molar-refractivity contribution in [1.82, 2.24) is 9.97 Å². The highest BCUT2D eigenvalue weighted by molar-refractivity contribution is 7.80. The molecular weight excluding hydrogens is 356 g/mol. The number of anilines is 2. The highest BCUT2D eigenvalue weighted by Gasteiger charge is 2.09. The van der Waals surface area contributed by atoms with Crippen LogP contribution in [0.4, 0.5) is 11.4 Å². The maximum absolute atomic E-state index is 5.49. The van der Waals surface area contributed by atoms with E-state index in [1.54, 1.807) is 12.4 Å². The van der Waals surface area contributed by atoms with Crippen molar-refractivity contribution in [2.24, 2.45) is 0 Å². The van der Waals surface area contributed by atoms with Crippen LogP contribution < -0.4 is 15.4 Å². The number of pyridine rings is 2. The third kappa shape index (κ3) is 3.66. The first-order valence-corrected chi connectivity index (χ1v) is 9.09. The number of benzene rings is 2. The molecule has 0 saturated heterocycles. The minimum Gasteiger partial charge on any atom is -0.494 e. The Kier molecular flexibility index (Phi) is 4.80. The molecule has 0 unspecified atom stereocenters. The van der Waals surface area contributed by atoms with Gasteiger partial charge in [0, 0.05) is 28.9 Å². The second-order valence-corrected chi connectivity index (χ2v) is 6.34. The molecule has 0 atom stereocenters. The number of nitrogens with one attached hydrogen (secondary N) is 2. The van der Waals surface area contributed by atoms with Crippen molar-refractivity contribution >= 4 is 50.5 Å². The molecule has 0 aliphatic carbocycles. The van der Waals surface area contributed by atoms with Crippen LogP contribution in [0.3, 0.4) is 0 Å². The fraction of sp³-hybridized carbons (Fsp3) is 0.0952. The van der Waals surface area contributed by atoms with Crippen molar-refractivity contribution in [2.75, 3.05) is 17.2 Å². The van der Waals surface area contributed by atoms with Gasteiger partial charge < -0.3 is 15.4 Å². The van der Waals surface area contributed by atoms with E-state index < -0.39 is 0 Å². The number of nitrogens with zero attached hydrogens (tertiary/aromatic N) is 2. The molecule has 134 valence electrons. The van der Waals surface area contributed by atoms with Gasteiger partial charge in [-0.25, -0.2) is 0 Å². The van der Waals surface area contributed by atoms with Gasteiger partial charge >= 0.3 is 0 Å². The highest BCUT2D eigenvalue weighted by Crippen LogP contribution is 2.29. The fourth-order valence-electron chi connectivity index (χ4n) is 2.98. The summed E-state index contributed by atoms with van der Waals surface area (Å²) in [6.45, 7) is 2.60. The summed E-state index contributed by atoms with van der Waals surface area (Å²) < 4.78 is 5.46. The molecule has 0 radical (unpaired) electrons. The third-order valence-electron chi connectivity index (χ3n) is 4.14. The van der Waals surface area contributed by atoms with Crippen LogP contribution in [-0.2, 0) is 0 Å². The lowest BCUT2D eigenvalue weighted by molar-refractivity contribution is 0.340. The van der Waals surface area contributed by atoms with Gasteiger partial charge in [-0.05, 0) is 61.6 Å². The van der Waals surface area contributed by atoms with Gasteiger partial charge in [-0.1, -0.05) is 12.1 Å². The van der Waals surface area contributed by atoms with Gasteiger partial charge in [0.25, 0.3) is 0 Å². The molecule has 0 spiro atoms. The molecule has 2 heterocycles. The summed E-state index contributed by atoms with van der Waals surface area (Å²) in [5.41, 5.74) is 3.45. The molecular formula is C21H18N4OS. The topological polar surface area (TPSA) is 59.1 Å². The number of aromatic nitrogens is 2. The minimum atomic E-state index is 0.487. The number of rotatable bonds is 4. The second-order valence-electron chi connectivity index (χ2n) is 5.93. The van der Waals surface area contributed by atoms with Crippen molar-refractivity contribution in [3.05, 3.63) is 67.0 Å². The summed E-state index contributed by atoms with van der Waals surface area (Å²) in [5.74, 6) is 0.831. The van der Waals surface area contributed by atoms with E-state index in [-0.39, 0.29) is 0 Å². The van der Waals surface area contributed by atoms with Gasteiger partial charge in [-0.2, -0.15) is 0 Å². The summed E-state index contributed by atoms with van der Waals surface area (Å²) in [6, 6.07) is 17.6. The van der Waals surface area contributed by atoms with Gasteiger partial charge in [0.05, 0.1) is 23.3 Å². The van der Waals surface area contributed by atoms with E-state index in [9.17, 15) is 0 Å². The molecule has 2 aromatic carbocycles. The van der Waals surface area contributed by atoms with Gasteiger partial charge in [0.1, 0.15) is 5.75 Å². The molecule has 5 nitrogen and oxygen atoms in total. The van der Waals surface area contributed by atoms with E-state index in [0.29, 0.717) is 11.7 Å². The maximum atomic E-state index is 5.49. The van der Waals surface area contributed by atoms with E-state index in [2.05, 4.69) is 20.6 Å². The average Bonchev–Trinajstić information content (AvgIpc) is 2.70. The Morgan fingerprint density at radius 1 is 0.963 bits per heavy atom. The van der Waals surface area contributed by atoms with E-state index in [4.69, 9.17) is 17.0 Å². The lowest BCUT2D eigenvalue weighted by atomic mass is 10.1. The van der Waals surface area contributed by atoms with E-state index in [0.717, 1.165) is 38.9 Å². The Bertz CT molecular complexity index is 1110. The number of hydrogen-bond donors (Lipinski definition) is 2. The van der Waals surface area contributed by atoms with Crippen molar-refractivity contribution in [3.8, 4) is 5.75 Å². The first-order valence-electron chi connectivity index (χ1n) is 8.68. The van der Waals surface area contributed by atoms with Crippen LogP contribution in [0.15, 0.2) is 67.0 Å². The first-order chi connectivity index (χ1) is 13.2. The Hall–Kier alpha value is -3.25. The standard InChI is InChI=1S/C21H18N4OS/c1-2-26-15-9-7-14(8-10-15)24-21(27)25-19-13-18-16(5-3-11-22-18)17-6-4-12-23-20(17)19/h3-13H,2H2,1H3,(H2,24,25,27). The largest absolute Gasteiger partial charge is 0.494 e. The second kappa shape index (κ2) is 7.55. The summed E-state index contributed by atoms with van der Waals surface area (Å²) >= 11 is 5.49. The quantitative estimate of drug-likeness (QED) is 0.388. The van der Waals surface area contributed by atoms with Crippen LogP contribution in [0.2, 0.25) is 0 Å². The third-order valence-corrected chi connectivity index (χ3v) is 4.35. The van der Waals surface area contributed by atoms with Gasteiger partial charge in [0.15, 0.2) is 5.11 Å². The van der Waals surface area contributed by atoms with Crippen molar-refractivity contribution < 1.29 is 4.74 Å². The monoisotopic (exact) mass is 374 g/mol. The Morgan fingerprint density at radius 3 is 2.48 bits per heavy atom. The van der Waals surface area contributed by atoms with Crippen LogP contribution in [0, 0.1) is 0 Å². The Labute approximate surface area is 162 Å². The zero-order valence-corrected chi connectivity index (χ0v) is 15.6. The predicted octanol–water partition coefficient (Wildman–Crippen LogP) is 4.99. The van der Waals surface area contributed by atoms with Crippen LogP contribution in [-0.4, -0.2) is 21.7 Å². The SMILES string of the molecule is CCOc1ccc(NC(=S)Nc2cc3ncccc3c3cccnc23)cc1. The normalized spacial score (nSPS) is 10.7. The highest BCUT2D eigenvalue weighted by atomic mass is 32.1. The molecule has 0 amide bonds. The molecule has 4 aromatic rings. The van der Waals surface area contributed by atoms with Crippen molar-refractivity contribution in [2.45, 2.75) is 6.92 Å². The molecule has 4 rings (SSSR count). The zero-order valence-electron chi connectivity index (χ0n) is 14.8. The number of ether oxygens (including phenoxy) is 1. The maximum Gasteiger partial charge on any atom is 0.175 e. The molecule has 0 aliphatic rings. The molecule has 27 heavy (non-hydrogen) atoms. The van der Waals surface area contributed by atoms with Gasteiger partial charge in [-0.3, -0.25) is 9.97 Å². The van der Waals surface area contributed by atoms with Crippen molar-refractivity contribution in [3.63, 3.8) is 0 Å². The smallest absolute Gasteiger partial charge is 0.175 e. The predicted molar refractivity (Wildman–Crippen MR) is 114 cm³/mol. The number of fused-ring (bicyclic) bond motifs is 3. The molecule has 0 fully saturated rings. The van der Waals surface area contributed by atoms with Gasteiger partial charge in [0.2, 0.25) is 0 Å². The molecule has 0 bridgehead atoms. The fourth-order valence-corrected chi connectivity index (χ4v) is 3.21. The van der Waals surface area contributed by atoms with Gasteiger partial charge in [-0.15, -0.1) is 0 Å². The summed E-state index contributed by atoms with van der Waals surface area (Å²) in [5, 5.41) is 9.03. The van der Waals surface area contributed by atoms with E-state index >= 15 is 0 Å². The first kappa shape index (κ1) is 17.2. The summed E-state index contributed by atoms with van der Waals surface area (Å²) in [7, 11) is 0. The lowest BCUT2D eigenvalue weighted by Gasteiger charge is -2.14. The molecule has 0 aliphatic heterocycles. The van der Waals surface area contributed by atoms with Crippen LogP contribution in [0.25, 0.3) is 21.8 Å². The van der Waals surface area contributed by atoms with E-state index in [1.807, 2.05) is 61.5 Å². The average molecular weight is 374 g/mol. The number of thiocarbonyl (C=S) groups is 1. The van der Waals surface area contributed by atoms with Crippen molar-refractivity contribution in [1.29, 1.82) is 0 Å². The molecule has 2 aromatic heterocycles. The summed E-state index contributed by atoms with van der Waals surface area (Å²) in [6.07, 6.45) is 3.56.